The Morgan fingerprint density at radius 2 is 1.97 bits per heavy atom. The molecule has 3 aliphatic rings. The number of carbonyl (C=O) groups excluding carboxylic acids is 3. The molecule has 8 nitrogen and oxygen atoms in total. The van der Waals surface area contributed by atoms with E-state index in [-0.39, 0.29) is 11.3 Å². The molecule has 160 valence electrons. The number of nitrogens with one attached hydrogen (secondary N) is 1. The fourth-order valence-corrected chi connectivity index (χ4v) is 6.28. The van der Waals surface area contributed by atoms with Gasteiger partial charge in [0.05, 0.1) is 0 Å². The number of rotatable bonds is 4. The lowest BCUT2D eigenvalue weighted by atomic mass is 10.0. The van der Waals surface area contributed by atoms with Gasteiger partial charge in [-0.25, -0.2) is 4.79 Å². The van der Waals surface area contributed by atoms with Gasteiger partial charge >= 0.3 is 5.97 Å². The maximum atomic E-state index is 13.2. The SMILES string of the molecule is C[C@H](NC(=O)[C@H]1N2C(=O)c3ccccc3[C@@H]2SC1(C)C)C(=O)N1CCC[C@@H]1C(=O)O. The zero-order chi connectivity index (χ0) is 21.8. The first kappa shape index (κ1) is 20.7. The molecular weight excluding hydrogens is 406 g/mol. The van der Waals surface area contributed by atoms with E-state index in [1.54, 1.807) is 35.7 Å². The van der Waals surface area contributed by atoms with E-state index in [1.807, 2.05) is 26.0 Å². The van der Waals surface area contributed by atoms with Crippen LogP contribution in [0.2, 0.25) is 0 Å². The molecule has 3 amide bonds. The molecule has 3 heterocycles. The summed E-state index contributed by atoms with van der Waals surface area (Å²) in [5.41, 5.74) is 1.51. The predicted octanol–water partition coefficient (Wildman–Crippen LogP) is 1.62. The van der Waals surface area contributed by atoms with Gasteiger partial charge < -0.3 is 20.2 Å². The first-order chi connectivity index (χ1) is 14.1. The third kappa shape index (κ3) is 3.15. The van der Waals surface area contributed by atoms with Gasteiger partial charge in [0.1, 0.15) is 23.5 Å². The Bertz CT molecular complexity index is 933. The first-order valence-corrected chi connectivity index (χ1v) is 10.9. The monoisotopic (exact) mass is 431 g/mol. The van der Waals surface area contributed by atoms with E-state index in [0.29, 0.717) is 24.9 Å². The van der Waals surface area contributed by atoms with Crippen LogP contribution in [-0.2, 0) is 14.4 Å². The highest BCUT2D eigenvalue weighted by Gasteiger charge is 2.57. The maximum Gasteiger partial charge on any atom is 0.326 e. The number of hydrogen-bond donors (Lipinski definition) is 2. The molecule has 0 saturated carbocycles. The van der Waals surface area contributed by atoms with Crippen LogP contribution in [0.5, 0.6) is 0 Å². The second-order valence-corrected chi connectivity index (χ2v) is 10.3. The van der Waals surface area contributed by atoms with Crippen molar-refractivity contribution < 1.29 is 24.3 Å². The number of hydrogen-bond acceptors (Lipinski definition) is 5. The number of carbonyl (C=O) groups is 4. The summed E-state index contributed by atoms with van der Waals surface area (Å²) < 4.78 is -0.544. The van der Waals surface area contributed by atoms with E-state index in [1.165, 1.54) is 4.90 Å². The van der Waals surface area contributed by atoms with Crippen LogP contribution in [-0.4, -0.2) is 68.0 Å². The van der Waals surface area contributed by atoms with Crippen molar-refractivity contribution >= 4 is 35.5 Å². The van der Waals surface area contributed by atoms with Crippen LogP contribution in [0.4, 0.5) is 0 Å². The van der Waals surface area contributed by atoms with Gasteiger partial charge in [-0.3, -0.25) is 14.4 Å². The minimum atomic E-state index is -1.03. The van der Waals surface area contributed by atoms with Gasteiger partial charge in [-0.1, -0.05) is 18.2 Å². The van der Waals surface area contributed by atoms with Gasteiger partial charge in [-0.15, -0.1) is 11.8 Å². The quantitative estimate of drug-likeness (QED) is 0.750. The van der Waals surface area contributed by atoms with E-state index < -0.39 is 40.7 Å². The molecule has 30 heavy (non-hydrogen) atoms. The van der Waals surface area contributed by atoms with E-state index in [2.05, 4.69) is 5.32 Å². The topological polar surface area (TPSA) is 107 Å². The lowest BCUT2D eigenvalue weighted by Gasteiger charge is -2.31. The summed E-state index contributed by atoms with van der Waals surface area (Å²) in [7, 11) is 0. The molecule has 0 aromatic heterocycles. The van der Waals surface area contributed by atoms with Crippen LogP contribution in [0, 0.1) is 0 Å². The van der Waals surface area contributed by atoms with Crippen molar-refractivity contribution in [2.24, 2.45) is 0 Å². The summed E-state index contributed by atoms with van der Waals surface area (Å²) in [4.78, 5) is 53.4. The highest BCUT2D eigenvalue weighted by Crippen LogP contribution is 2.56. The Labute approximate surface area is 179 Å². The van der Waals surface area contributed by atoms with Gasteiger partial charge in [0, 0.05) is 16.9 Å². The van der Waals surface area contributed by atoms with Crippen molar-refractivity contribution in [2.45, 2.75) is 61.9 Å². The van der Waals surface area contributed by atoms with Crippen molar-refractivity contribution in [3.05, 3.63) is 35.4 Å². The number of benzene rings is 1. The molecule has 2 fully saturated rings. The minimum absolute atomic E-state index is 0.182. The van der Waals surface area contributed by atoms with Gasteiger partial charge in [0.2, 0.25) is 11.8 Å². The van der Waals surface area contributed by atoms with Gasteiger partial charge in [0.15, 0.2) is 0 Å². The Balaban J connectivity index is 1.52. The molecule has 0 radical (unpaired) electrons. The molecule has 2 N–H and O–H groups in total. The summed E-state index contributed by atoms with van der Waals surface area (Å²) in [5, 5.41) is 11.8. The molecule has 0 bridgehead atoms. The number of aliphatic carboxylic acids is 1. The highest BCUT2D eigenvalue weighted by molar-refractivity contribution is 8.01. The zero-order valence-electron chi connectivity index (χ0n) is 17.1. The third-order valence-electron chi connectivity index (χ3n) is 6.09. The van der Waals surface area contributed by atoms with Crippen LogP contribution < -0.4 is 5.32 Å². The zero-order valence-corrected chi connectivity index (χ0v) is 17.9. The summed E-state index contributed by atoms with van der Waals surface area (Å²) in [6, 6.07) is 4.89. The molecule has 2 saturated heterocycles. The van der Waals surface area contributed by atoms with Crippen LogP contribution in [0.25, 0.3) is 0 Å². The average molecular weight is 432 g/mol. The number of likely N-dealkylation sites (tertiary alicyclic amines) is 1. The average Bonchev–Trinajstić information content (AvgIpc) is 3.34. The van der Waals surface area contributed by atoms with E-state index in [4.69, 9.17) is 0 Å². The summed E-state index contributed by atoms with van der Waals surface area (Å²) in [6.45, 7) is 5.76. The standard InChI is InChI=1S/C21H25N3O5S/c1-11(17(26)23-10-6-9-14(23)20(28)29)22-16(25)15-21(2,3)30-19-13-8-5-4-7-12(13)18(27)24(15)19/h4-5,7-8,11,14-15,19H,6,9-10H2,1-3H3,(H,22,25)(H,28,29)/t11-,14+,15+,19-/m0/s1. The molecule has 3 aliphatic heterocycles. The smallest absolute Gasteiger partial charge is 0.326 e. The summed E-state index contributed by atoms with van der Waals surface area (Å²) in [6.07, 6.45) is 1.04. The number of carboxylic acids is 1. The van der Waals surface area contributed by atoms with Crippen molar-refractivity contribution in [1.82, 2.24) is 15.1 Å². The number of nitrogens with zero attached hydrogens (tertiary/aromatic N) is 2. The van der Waals surface area contributed by atoms with Crippen molar-refractivity contribution in [1.29, 1.82) is 0 Å². The molecule has 4 atom stereocenters. The molecule has 9 heteroatoms. The van der Waals surface area contributed by atoms with E-state index in [0.717, 1.165) is 5.56 Å². The summed E-state index contributed by atoms with van der Waals surface area (Å²) in [5.74, 6) is -2.03. The number of fused-ring (bicyclic) bond motifs is 3. The minimum Gasteiger partial charge on any atom is -0.480 e. The van der Waals surface area contributed by atoms with Gasteiger partial charge in [-0.2, -0.15) is 0 Å². The molecular formula is C21H25N3O5S. The fraction of sp³-hybridized carbons (Fsp3) is 0.524. The second-order valence-electron chi connectivity index (χ2n) is 8.53. The normalized spacial score (nSPS) is 27.6. The van der Waals surface area contributed by atoms with Gasteiger partial charge in [0.25, 0.3) is 5.91 Å². The number of carboxylic acid groups (broad SMARTS) is 1. The van der Waals surface area contributed by atoms with Crippen LogP contribution in [0.1, 0.15) is 54.9 Å². The lowest BCUT2D eigenvalue weighted by Crippen LogP contribution is -2.57. The highest BCUT2D eigenvalue weighted by atomic mass is 32.2. The molecule has 1 aromatic carbocycles. The third-order valence-corrected chi connectivity index (χ3v) is 7.63. The predicted molar refractivity (Wildman–Crippen MR) is 111 cm³/mol. The molecule has 1 aromatic rings. The Kier molecular flexibility index (Phi) is 5.04. The van der Waals surface area contributed by atoms with E-state index in [9.17, 15) is 24.3 Å². The molecule has 4 rings (SSSR count). The van der Waals surface area contributed by atoms with Crippen molar-refractivity contribution in [2.75, 3.05) is 6.54 Å². The van der Waals surface area contributed by atoms with Crippen LogP contribution >= 0.6 is 11.8 Å². The van der Waals surface area contributed by atoms with Crippen molar-refractivity contribution in [3.63, 3.8) is 0 Å². The largest absolute Gasteiger partial charge is 0.480 e. The Morgan fingerprint density at radius 3 is 2.67 bits per heavy atom. The maximum absolute atomic E-state index is 13.2. The fourth-order valence-electron chi connectivity index (χ4n) is 4.69. The number of thioether (sulfide) groups is 1. The molecule has 0 spiro atoms. The number of amides is 3. The second kappa shape index (κ2) is 7.30. The molecule has 0 unspecified atom stereocenters. The van der Waals surface area contributed by atoms with E-state index >= 15 is 0 Å². The van der Waals surface area contributed by atoms with Gasteiger partial charge in [-0.05, 0) is 45.2 Å². The first-order valence-electron chi connectivity index (χ1n) is 10.1. The Morgan fingerprint density at radius 1 is 1.27 bits per heavy atom. The molecule has 0 aliphatic carbocycles. The van der Waals surface area contributed by atoms with Crippen LogP contribution in [0.3, 0.4) is 0 Å². The summed E-state index contributed by atoms with van der Waals surface area (Å²) >= 11 is 1.56. The Hall–Kier alpha value is -2.55. The van der Waals surface area contributed by atoms with Crippen LogP contribution in [0.15, 0.2) is 24.3 Å². The lowest BCUT2D eigenvalue weighted by molar-refractivity contribution is -0.149. The van der Waals surface area contributed by atoms with Crippen molar-refractivity contribution in [3.8, 4) is 0 Å².